The standard InChI is InChI=1S/C22H30N2O3S/c1-3-4-8-17-23-22(25)16-13-19-11-14-21(15-12-19)28(26,27)24-18(2)20-9-6-5-7-10-20/h5-7,9-12,14-15,18,24H,3-4,8,13,16-17H2,1-2H3,(H,23,25)/t18-/m1/s1. The molecule has 0 heterocycles. The van der Waals surface area contributed by atoms with E-state index in [0.29, 0.717) is 12.8 Å². The number of unbranched alkanes of at least 4 members (excludes halogenated alkanes) is 2. The van der Waals surface area contributed by atoms with E-state index in [1.54, 1.807) is 24.3 Å². The second kappa shape index (κ2) is 11.0. The van der Waals surface area contributed by atoms with Gasteiger partial charge in [-0.2, -0.15) is 0 Å². The summed E-state index contributed by atoms with van der Waals surface area (Å²) in [6.45, 7) is 4.67. The van der Waals surface area contributed by atoms with E-state index in [2.05, 4.69) is 17.0 Å². The molecule has 2 aromatic rings. The molecule has 0 fully saturated rings. The van der Waals surface area contributed by atoms with E-state index in [4.69, 9.17) is 0 Å². The maximum atomic E-state index is 12.6. The van der Waals surface area contributed by atoms with Gasteiger partial charge in [0.1, 0.15) is 0 Å². The SMILES string of the molecule is CCCCCNC(=O)CCc1ccc(S(=O)(=O)N[C@H](C)c2ccccc2)cc1. The molecule has 0 aromatic heterocycles. The maximum Gasteiger partial charge on any atom is 0.241 e. The van der Waals surface area contributed by atoms with Gasteiger partial charge in [0, 0.05) is 19.0 Å². The van der Waals surface area contributed by atoms with E-state index in [9.17, 15) is 13.2 Å². The molecule has 0 radical (unpaired) electrons. The van der Waals surface area contributed by atoms with E-state index in [1.807, 2.05) is 37.3 Å². The quantitative estimate of drug-likeness (QED) is 0.559. The molecule has 0 saturated heterocycles. The van der Waals surface area contributed by atoms with Gasteiger partial charge >= 0.3 is 0 Å². The minimum Gasteiger partial charge on any atom is -0.356 e. The predicted molar refractivity (Wildman–Crippen MR) is 112 cm³/mol. The van der Waals surface area contributed by atoms with Crippen LogP contribution in [0.1, 0.15) is 56.7 Å². The summed E-state index contributed by atoms with van der Waals surface area (Å²) in [5, 5.41) is 2.92. The van der Waals surface area contributed by atoms with Crippen LogP contribution in [0.3, 0.4) is 0 Å². The van der Waals surface area contributed by atoms with Gasteiger partial charge in [0.2, 0.25) is 15.9 Å². The second-order valence-corrected chi connectivity index (χ2v) is 8.67. The van der Waals surface area contributed by atoms with E-state index in [0.717, 1.165) is 36.9 Å². The third-order valence-corrected chi connectivity index (χ3v) is 6.17. The van der Waals surface area contributed by atoms with Gasteiger partial charge in [-0.3, -0.25) is 4.79 Å². The van der Waals surface area contributed by atoms with Crippen molar-refractivity contribution in [3.05, 3.63) is 65.7 Å². The Labute approximate surface area is 168 Å². The van der Waals surface area contributed by atoms with E-state index >= 15 is 0 Å². The zero-order valence-corrected chi connectivity index (χ0v) is 17.5. The molecule has 5 nitrogen and oxygen atoms in total. The molecule has 2 rings (SSSR count). The number of hydrogen-bond donors (Lipinski definition) is 2. The monoisotopic (exact) mass is 402 g/mol. The number of sulfonamides is 1. The highest BCUT2D eigenvalue weighted by Gasteiger charge is 2.18. The summed E-state index contributed by atoms with van der Waals surface area (Å²) in [5.74, 6) is 0.0335. The van der Waals surface area contributed by atoms with Gasteiger partial charge in [0.25, 0.3) is 0 Å². The summed E-state index contributed by atoms with van der Waals surface area (Å²) < 4.78 is 27.9. The highest BCUT2D eigenvalue weighted by molar-refractivity contribution is 7.89. The molecule has 0 bridgehead atoms. The van der Waals surface area contributed by atoms with Gasteiger partial charge in [0.15, 0.2) is 0 Å². The highest BCUT2D eigenvalue weighted by atomic mass is 32.2. The Morgan fingerprint density at radius 1 is 1.00 bits per heavy atom. The van der Waals surface area contributed by atoms with Crippen molar-refractivity contribution in [1.82, 2.24) is 10.0 Å². The molecule has 0 aliphatic rings. The third kappa shape index (κ3) is 7.09. The average molecular weight is 403 g/mol. The van der Waals surface area contributed by atoms with Crippen LogP contribution in [0.15, 0.2) is 59.5 Å². The topological polar surface area (TPSA) is 75.3 Å². The summed E-state index contributed by atoms with van der Waals surface area (Å²) >= 11 is 0. The highest BCUT2D eigenvalue weighted by Crippen LogP contribution is 2.17. The van der Waals surface area contributed by atoms with Crippen LogP contribution in [0.4, 0.5) is 0 Å². The fourth-order valence-corrected chi connectivity index (χ4v) is 4.13. The van der Waals surface area contributed by atoms with Gasteiger partial charge in [-0.1, -0.05) is 62.2 Å². The van der Waals surface area contributed by atoms with E-state index in [1.165, 1.54) is 0 Å². The number of carbonyl (C=O) groups excluding carboxylic acids is 1. The smallest absolute Gasteiger partial charge is 0.241 e. The molecule has 1 amide bonds. The van der Waals surface area contributed by atoms with Crippen molar-refractivity contribution in [2.45, 2.75) is 56.9 Å². The Kier molecular flexibility index (Phi) is 8.67. The molecule has 6 heteroatoms. The largest absolute Gasteiger partial charge is 0.356 e. The van der Waals surface area contributed by atoms with Crippen LogP contribution in [-0.2, 0) is 21.2 Å². The Balaban J connectivity index is 1.87. The molecular weight excluding hydrogens is 372 g/mol. The summed E-state index contributed by atoms with van der Waals surface area (Å²) in [4.78, 5) is 12.1. The molecule has 0 unspecified atom stereocenters. The lowest BCUT2D eigenvalue weighted by Gasteiger charge is -2.15. The molecule has 0 saturated carbocycles. The lowest BCUT2D eigenvalue weighted by molar-refractivity contribution is -0.121. The maximum absolute atomic E-state index is 12.6. The number of amides is 1. The third-order valence-electron chi connectivity index (χ3n) is 4.61. The number of rotatable bonds is 11. The number of nitrogens with one attached hydrogen (secondary N) is 2. The van der Waals surface area contributed by atoms with Gasteiger partial charge in [0.05, 0.1) is 4.90 Å². The van der Waals surface area contributed by atoms with Crippen molar-refractivity contribution in [1.29, 1.82) is 0 Å². The summed E-state index contributed by atoms with van der Waals surface area (Å²) in [7, 11) is -3.60. The van der Waals surface area contributed by atoms with Crippen molar-refractivity contribution in [2.24, 2.45) is 0 Å². The lowest BCUT2D eigenvalue weighted by Crippen LogP contribution is -2.26. The van der Waals surface area contributed by atoms with Crippen LogP contribution < -0.4 is 10.0 Å². The minimum absolute atomic E-state index is 0.0335. The summed E-state index contributed by atoms with van der Waals surface area (Å²) in [5.41, 5.74) is 1.85. The molecule has 152 valence electrons. The summed E-state index contributed by atoms with van der Waals surface area (Å²) in [6.07, 6.45) is 4.25. The Morgan fingerprint density at radius 3 is 2.32 bits per heavy atom. The second-order valence-electron chi connectivity index (χ2n) is 6.95. The average Bonchev–Trinajstić information content (AvgIpc) is 2.70. The van der Waals surface area contributed by atoms with Crippen molar-refractivity contribution >= 4 is 15.9 Å². The van der Waals surface area contributed by atoms with Gasteiger partial charge in [-0.25, -0.2) is 13.1 Å². The van der Waals surface area contributed by atoms with Gasteiger partial charge in [-0.15, -0.1) is 0 Å². The number of benzene rings is 2. The first-order chi connectivity index (χ1) is 13.4. The predicted octanol–water partition coefficient (Wildman–Crippen LogP) is 3.97. The zero-order valence-electron chi connectivity index (χ0n) is 16.6. The first-order valence-electron chi connectivity index (χ1n) is 9.85. The van der Waals surface area contributed by atoms with Crippen molar-refractivity contribution in [3.8, 4) is 0 Å². The molecular formula is C22H30N2O3S. The van der Waals surface area contributed by atoms with Crippen LogP contribution in [-0.4, -0.2) is 20.9 Å². The minimum atomic E-state index is -3.60. The van der Waals surface area contributed by atoms with Crippen LogP contribution >= 0.6 is 0 Å². The Hall–Kier alpha value is -2.18. The molecule has 2 aromatic carbocycles. The van der Waals surface area contributed by atoms with Crippen LogP contribution in [0.2, 0.25) is 0 Å². The van der Waals surface area contributed by atoms with Gasteiger partial charge < -0.3 is 5.32 Å². The van der Waals surface area contributed by atoms with Crippen LogP contribution in [0, 0.1) is 0 Å². The fraction of sp³-hybridized carbons (Fsp3) is 0.409. The van der Waals surface area contributed by atoms with Crippen LogP contribution in [0.25, 0.3) is 0 Å². The molecule has 2 N–H and O–H groups in total. The van der Waals surface area contributed by atoms with Crippen LogP contribution in [0.5, 0.6) is 0 Å². The molecule has 0 aliphatic carbocycles. The number of aryl methyl sites for hydroxylation is 1. The molecule has 28 heavy (non-hydrogen) atoms. The molecule has 1 atom stereocenters. The normalized spacial score (nSPS) is 12.5. The van der Waals surface area contributed by atoms with E-state index in [-0.39, 0.29) is 16.8 Å². The first-order valence-corrected chi connectivity index (χ1v) is 11.3. The van der Waals surface area contributed by atoms with E-state index < -0.39 is 10.0 Å². The molecule has 0 aliphatic heterocycles. The zero-order chi connectivity index (χ0) is 20.4. The van der Waals surface area contributed by atoms with Crippen molar-refractivity contribution in [2.75, 3.05) is 6.54 Å². The Morgan fingerprint density at radius 2 is 1.68 bits per heavy atom. The lowest BCUT2D eigenvalue weighted by atomic mass is 10.1. The first kappa shape index (κ1) is 22.1. The van der Waals surface area contributed by atoms with Crippen molar-refractivity contribution in [3.63, 3.8) is 0 Å². The van der Waals surface area contributed by atoms with Gasteiger partial charge in [-0.05, 0) is 43.0 Å². The molecule has 0 spiro atoms. The fourth-order valence-electron chi connectivity index (χ4n) is 2.89. The Bertz CT molecular complexity index is 834. The van der Waals surface area contributed by atoms with Crippen molar-refractivity contribution < 1.29 is 13.2 Å². The summed E-state index contributed by atoms with van der Waals surface area (Å²) in [6, 6.07) is 15.9. The number of hydrogen-bond acceptors (Lipinski definition) is 3. The number of carbonyl (C=O) groups is 1.